The van der Waals surface area contributed by atoms with Crippen molar-refractivity contribution in [3.8, 4) is 16.5 Å². The Labute approximate surface area is 195 Å². The van der Waals surface area contributed by atoms with Crippen LogP contribution in [0.3, 0.4) is 0 Å². The van der Waals surface area contributed by atoms with Crippen LogP contribution in [0.25, 0.3) is 10.6 Å². The first-order valence-electron chi connectivity index (χ1n) is 10.5. The predicted octanol–water partition coefficient (Wildman–Crippen LogP) is 3.85. The first-order valence-corrected chi connectivity index (χ1v) is 11.3. The van der Waals surface area contributed by atoms with E-state index in [1.807, 2.05) is 12.1 Å². The van der Waals surface area contributed by atoms with Crippen LogP contribution in [0.2, 0.25) is 0 Å². The number of nitrogens with one attached hydrogen (secondary N) is 1. The average Bonchev–Trinajstić information content (AvgIpc) is 3.44. The number of aromatic nitrogens is 4. The zero-order chi connectivity index (χ0) is 22.8. The molecule has 166 valence electrons. The highest BCUT2D eigenvalue weighted by Gasteiger charge is 2.35. The number of nitrogens with zero attached hydrogens (tertiary/aromatic N) is 5. The van der Waals surface area contributed by atoms with Crippen LogP contribution in [0, 0.1) is 0 Å². The molecule has 0 saturated carbocycles. The summed E-state index contributed by atoms with van der Waals surface area (Å²) >= 11 is 1.30. The molecule has 0 radical (unpaired) electrons. The van der Waals surface area contributed by atoms with Crippen molar-refractivity contribution >= 4 is 22.4 Å². The highest BCUT2D eigenvalue weighted by Crippen LogP contribution is 2.36. The van der Waals surface area contributed by atoms with E-state index in [4.69, 9.17) is 4.74 Å². The number of carbonyl (C=O) groups is 1. The van der Waals surface area contributed by atoms with Crippen LogP contribution in [0.15, 0.2) is 67.1 Å². The van der Waals surface area contributed by atoms with Gasteiger partial charge in [-0.25, -0.2) is 4.98 Å². The van der Waals surface area contributed by atoms with Crippen molar-refractivity contribution in [1.29, 1.82) is 0 Å². The molecule has 9 heteroatoms. The van der Waals surface area contributed by atoms with Gasteiger partial charge in [-0.05, 0) is 43.4 Å². The van der Waals surface area contributed by atoms with Gasteiger partial charge in [0.15, 0.2) is 0 Å². The van der Waals surface area contributed by atoms with Crippen LogP contribution in [0.5, 0.6) is 5.88 Å². The highest BCUT2D eigenvalue weighted by atomic mass is 32.1. The molecule has 8 nitrogen and oxygen atoms in total. The summed E-state index contributed by atoms with van der Waals surface area (Å²) in [5.74, 6) is 0.193. The lowest BCUT2D eigenvalue weighted by Crippen LogP contribution is -2.32. The van der Waals surface area contributed by atoms with Crippen LogP contribution in [-0.2, 0) is 6.42 Å². The summed E-state index contributed by atoms with van der Waals surface area (Å²) in [6.07, 6.45) is 5.67. The number of fused-ring (bicyclic) bond motifs is 1. The number of amides is 1. The number of pyridine rings is 2. The molecule has 0 bridgehead atoms. The van der Waals surface area contributed by atoms with Gasteiger partial charge < -0.3 is 4.74 Å². The van der Waals surface area contributed by atoms with E-state index in [9.17, 15) is 4.79 Å². The third-order valence-electron chi connectivity index (χ3n) is 5.55. The summed E-state index contributed by atoms with van der Waals surface area (Å²) in [5.41, 5.74) is 3.89. The fraction of sp³-hybridized carbons (Fsp3) is 0.208. The molecule has 0 fully saturated rings. The van der Waals surface area contributed by atoms with E-state index in [0.29, 0.717) is 21.6 Å². The average molecular weight is 459 g/mol. The van der Waals surface area contributed by atoms with Crippen molar-refractivity contribution in [1.82, 2.24) is 25.1 Å². The molecule has 0 saturated heterocycles. The summed E-state index contributed by atoms with van der Waals surface area (Å²) < 4.78 is 6.23. The molecule has 1 aliphatic rings. The Balaban J connectivity index is 1.25. The quantitative estimate of drug-likeness (QED) is 0.469. The van der Waals surface area contributed by atoms with Crippen LogP contribution in [-0.4, -0.2) is 51.2 Å². The van der Waals surface area contributed by atoms with E-state index < -0.39 is 0 Å². The van der Waals surface area contributed by atoms with Gasteiger partial charge in [0, 0.05) is 36.6 Å². The van der Waals surface area contributed by atoms with Crippen molar-refractivity contribution < 1.29 is 9.53 Å². The van der Waals surface area contributed by atoms with Gasteiger partial charge in [0.1, 0.15) is 11.1 Å². The second-order valence-corrected chi connectivity index (χ2v) is 8.93. The minimum absolute atomic E-state index is 0.0439. The van der Waals surface area contributed by atoms with Gasteiger partial charge in [0.25, 0.3) is 5.91 Å². The fourth-order valence-electron chi connectivity index (χ4n) is 4.05. The lowest BCUT2D eigenvalue weighted by Gasteiger charge is -2.27. The molecule has 1 N–H and O–H groups in total. The Hall–Kier alpha value is -3.69. The fourth-order valence-corrected chi connectivity index (χ4v) is 4.79. The molecule has 1 amide bonds. The maximum atomic E-state index is 12.6. The number of anilines is 1. The van der Waals surface area contributed by atoms with E-state index in [1.54, 1.807) is 24.5 Å². The summed E-state index contributed by atoms with van der Waals surface area (Å²) in [6, 6.07) is 15.7. The molecule has 4 aromatic rings. The minimum atomic E-state index is -0.300. The van der Waals surface area contributed by atoms with Gasteiger partial charge in [0.05, 0.1) is 11.6 Å². The van der Waals surface area contributed by atoms with E-state index in [2.05, 4.69) is 68.7 Å². The number of carbonyl (C=O) groups excluding carboxylic acids is 1. The summed E-state index contributed by atoms with van der Waals surface area (Å²) in [6.45, 7) is 0. The number of rotatable bonds is 6. The molecular weight excluding hydrogens is 436 g/mol. The predicted molar refractivity (Wildman–Crippen MR) is 126 cm³/mol. The molecule has 0 aliphatic heterocycles. The molecule has 3 aromatic heterocycles. The van der Waals surface area contributed by atoms with Crippen molar-refractivity contribution in [2.24, 2.45) is 0 Å². The Morgan fingerprint density at radius 1 is 1.09 bits per heavy atom. The first-order chi connectivity index (χ1) is 16.1. The largest absolute Gasteiger partial charge is 0.472 e. The third-order valence-corrected chi connectivity index (χ3v) is 6.43. The summed E-state index contributed by atoms with van der Waals surface area (Å²) in [7, 11) is 4.11. The topological polar surface area (TPSA) is 93.1 Å². The zero-order valence-electron chi connectivity index (χ0n) is 18.2. The maximum Gasteiger partial charge on any atom is 0.259 e. The van der Waals surface area contributed by atoms with Gasteiger partial charge in [-0.2, -0.15) is 0 Å². The SMILES string of the molecule is CN(C)[C@@H]1c2ccccc2C[C@@H]1Oc1ccc(C(=O)Nc2nnc(-c3ccncc3)s2)cn1. The van der Waals surface area contributed by atoms with Crippen molar-refractivity contribution in [3.05, 3.63) is 83.8 Å². The number of hydrogen-bond donors (Lipinski definition) is 1. The van der Waals surface area contributed by atoms with Gasteiger partial charge in [-0.1, -0.05) is 35.6 Å². The maximum absolute atomic E-state index is 12.6. The molecule has 33 heavy (non-hydrogen) atoms. The third kappa shape index (κ3) is 4.46. The Kier molecular flexibility index (Phi) is 5.80. The van der Waals surface area contributed by atoms with Gasteiger partial charge in [-0.15, -0.1) is 10.2 Å². The second kappa shape index (κ2) is 9.05. The normalized spacial score (nSPS) is 17.1. The standard InChI is InChI=1S/C24H22N6O2S/c1-30(2)21-18-6-4-3-5-16(18)13-19(21)32-20-8-7-17(14-26-20)22(31)27-24-29-28-23(33-24)15-9-11-25-12-10-15/h3-12,14,19,21H,13H2,1-2H3,(H,27,29,31)/t19-,21+/m0/s1. The summed E-state index contributed by atoms with van der Waals surface area (Å²) in [4.78, 5) is 23.2. The van der Waals surface area contributed by atoms with E-state index in [-0.39, 0.29) is 18.1 Å². The van der Waals surface area contributed by atoms with Gasteiger partial charge >= 0.3 is 0 Å². The number of likely N-dealkylation sites (N-methyl/N-ethyl adjacent to an activating group) is 1. The minimum Gasteiger partial charge on any atom is -0.472 e. The van der Waals surface area contributed by atoms with Gasteiger partial charge in [-0.3, -0.25) is 20.0 Å². The van der Waals surface area contributed by atoms with E-state index in [0.717, 1.165) is 12.0 Å². The van der Waals surface area contributed by atoms with Crippen LogP contribution < -0.4 is 10.1 Å². The molecule has 1 aromatic carbocycles. The first kappa shape index (κ1) is 21.2. The molecule has 2 atom stereocenters. The number of benzene rings is 1. The van der Waals surface area contributed by atoms with E-state index >= 15 is 0 Å². The zero-order valence-corrected chi connectivity index (χ0v) is 19.0. The van der Waals surface area contributed by atoms with Crippen LogP contribution >= 0.6 is 11.3 Å². The molecule has 0 spiro atoms. The lowest BCUT2D eigenvalue weighted by molar-refractivity contribution is 0.102. The molecule has 5 rings (SSSR count). The monoisotopic (exact) mass is 458 g/mol. The van der Waals surface area contributed by atoms with Gasteiger partial charge in [0.2, 0.25) is 11.0 Å². The van der Waals surface area contributed by atoms with Crippen LogP contribution in [0.1, 0.15) is 27.5 Å². The Morgan fingerprint density at radius 2 is 1.91 bits per heavy atom. The van der Waals surface area contributed by atoms with E-state index in [1.165, 1.54) is 28.7 Å². The number of hydrogen-bond acceptors (Lipinski definition) is 8. The summed E-state index contributed by atoms with van der Waals surface area (Å²) in [5, 5.41) is 12.1. The van der Waals surface area contributed by atoms with Crippen molar-refractivity contribution in [2.75, 3.05) is 19.4 Å². The smallest absolute Gasteiger partial charge is 0.259 e. The number of ether oxygens (including phenoxy) is 1. The van der Waals surface area contributed by atoms with Crippen LogP contribution in [0.4, 0.5) is 5.13 Å². The molecule has 1 aliphatic carbocycles. The van der Waals surface area contributed by atoms with Crippen molar-refractivity contribution in [2.45, 2.75) is 18.6 Å². The second-order valence-electron chi connectivity index (χ2n) is 7.96. The highest BCUT2D eigenvalue weighted by molar-refractivity contribution is 7.18. The Morgan fingerprint density at radius 3 is 2.67 bits per heavy atom. The van der Waals surface area contributed by atoms with Crippen molar-refractivity contribution in [3.63, 3.8) is 0 Å². The Bertz CT molecular complexity index is 1260. The molecule has 0 unspecified atom stereocenters. The molecule has 3 heterocycles. The lowest BCUT2D eigenvalue weighted by atomic mass is 10.1. The molecular formula is C24H22N6O2S.